The molecule has 0 spiro atoms. The fourth-order valence-corrected chi connectivity index (χ4v) is 1.70. The van der Waals surface area contributed by atoms with Crippen molar-refractivity contribution in [1.82, 2.24) is 5.32 Å². The van der Waals surface area contributed by atoms with Crippen LogP contribution >= 0.6 is 0 Å². The number of rotatable bonds is 5. The molecule has 1 saturated carbocycles. The molecule has 1 amide bonds. The highest BCUT2D eigenvalue weighted by atomic mass is 16.1. The van der Waals surface area contributed by atoms with E-state index in [0.29, 0.717) is 13.0 Å². The number of carbonyl (C=O) groups is 1. The van der Waals surface area contributed by atoms with Gasteiger partial charge in [-0.25, -0.2) is 0 Å². The van der Waals surface area contributed by atoms with Crippen LogP contribution in [0.3, 0.4) is 0 Å². The molecule has 0 saturated heterocycles. The van der Waals surface area contributed by atoms with Gasteiger partial charge in [-0.15, -0.1) is 0 Å². The van der Waals surface area contributed by atoms with E-state index in [-0.39, 0.29) is 16.9 Å². The van der Waals surface area contributed by atoms with Gasteiger partial charge >= 0.3 is 0 Å². The summed E-state index contributed by atoms with van der Waals surface area (Å²) < 4.78 is 0. The Bertz CT molecular complexity index is 232. The van der Waals surface area contributed by atoms with Crippen LogP contribution in [0.25, 0.3) is 0 Å². The molecule has 1 aliphatic carbocycles. The van der Waals surface area contributed by atoms with E-state index in [9.17, 15) is 4.79 Å². The van der Waals surface area contributed by atoms with Gasteiger partial charge in [0.2, 0.25) is 5.91 Å². The Labute approximate surface area is 92.8 Å². The molecular formula is C12H24N2O. The van der Waals surface area contributed by atoms with E-state index in [0.717, 1.165) is 19.3 Å². The zero-order valence-corrected chi connectivity index (χ0v) is 10.2. The molecule has 1 fully saturated rings. The first-order chi connectivity index (χ1) is 6.87. The maximum Gasteiger partial charge on any atom is 0.220 e. The van der Waals surface area contributed by atoms with E-state index in [4.69, 9.17) is 5.73 Å². The Morgan fingerprint density at radius 1 is 1.47 bits per heavy atom. The zero-order valence-electron chi connectivity index (χ0n) is 10.2. The normalized spacial score (nSPS) is 19.5. The van der Waals surface area contributed by atoms with Crippen molar-refractivity contribution in [1.29, 1.82) is 0 Å². The minimum atomic E-state index is -0.105. The van der Waals surface area contributed by atoms with Crippen molar-refractivity contribution in [2.45, 2.75) is 58.4 Å². The lowest BCUT2D eigenvalue weighted by Crippen LogP contribution is -2.55. The molecule has 0 aromatic carbocycles. The quantitative estimate of drug-likeness (QED) is 0.730. The van der Waals surface area contributed by atoms with Gasteiger partial charge in [-0.3, -0.25) is 4.79 Å². The highest BCUT2D eigenvalue weighted by Crippen LogP contribution is 2.28. The van der Waals surface area contributed by atoms with Crippen molar-refractivity contribution in [3.8, 4) is 0 Å². The van der Waals surface area contributed by atoms with Crippen LogP contribution in [0.2, 0.25) is 0 Å². The zero-order chi connectivity index (χ0) is 11.5. The van der Waals surface area contributed by atoms with Crippen LogP contribution in [0.4, 0.5) is 0 Å². The summed E-state index contributed by atoms with van der Waals surface area (Å²) in [4.78, 5) is 11.6. The van der Waals surface area contributed by atoms with Gasteiger partial charge in [-0.2, -0.15) is 0 Å². The minimum Gasteiger partial charge on any atom is -0.354 e. The highest BCUT2D eigenvalue weighted by molar-refractivity contribution is 5.76. The lowest BCUT2D eigenvalue weighted by molar-refractivity contribution is -0.123. The Morgan fingerprint density at radius 3 is 2.47 bits per heavy atom. The molecule has 3 nitrogen and oxygen atoms in total. The molecule has 0 aromatic heterocycles. The van der Waals surface area contributed by atoms with Gasteiger partial charge in [-0.1, -0.05) is 27.2 Å². The molecule has 3 heteroatoms. The van der Waals surface area contributed by atoms with Crippen LogP contribution in [0.15, 0.2) is 0 Å². The summed E-state index contributed by atoms with van der Waals surface area (Å²) in [5.41, 5.74) is 6.03. The third kappa shape index (κ3) is 3.82. The van der Waals surface area contributed by atoms with Gasteiger partial charge in [0.15, 0.2) is 0 Å². The molecule has 0 unspecified atom stereocenters. The standard InChI is InChI=1S/C12H24N2O/c1-4-11(2,3)8-10(15)14-9-12(13)6-5-7-12/h4-9,13H2,1-3H3,(H,14,15). The summed E-state index contributed by atoms with van der Waals surface area (Å²) >= 11 is 0. The predicted molar refractivity (Wildman–Crippen MR) is 62.5 cm³/mol. The minimum absolute atomic E-state index is 0.103. The molecule has 0 aromatic rings. The number of hydrogen-bond acceptors (Lipinski definition) is 2. The molecule has 88 valence electrons. The summed E-state index contributed by atoms with van der Waals surface area (Å²) in [5, 5.41) is 2.95. The van der Waals surface area contributed by atoms with E-state index in [1.54, 1.807) is 0 Å². The summed E-state index contributed by atoms with van der Waals surface area (Å²) in [6.45, 7) is 7.00. The Kier molecular flexibility index (Phi) is 3.77. The number of nitrogens with two attached hydrogens (primary N) is 1. The third-order valence-corrected chi connectivity index (χ3v) is 3.58. The molecule has 3 N–H and O–H groups in total. The smallest absolute Gasteiger partial charge is 0.220 e. The van der Waals surface area contributed by atoms with Gasteiger partial charge in [-0.05, 0) is 24.7 Å². The number of carbonyl (C=O) groups excluding carboxylic acids is 1. The summed E-state index contributed by atoms with van der Waals surface area (Å²) in [6, 6.07) is 0. The van der Waals surface area contributed by atoms with Crippen LogP contribution in [0.1, 0.15) is 52.9 Å². The monoisotopic (exact) mass is 212 g/mol. The van der Waals surface area contributed by atoms with Crippen LogP contribution in [-0.2, 0) is 4.79 Å². The van der Waals surface area contributed by atoms with Gasteiger partial charge in [0, 0.05) is 18.5 Å². The van der Waals surface area contributed by atoms with Gasteiger partial charge in [0.05, 0.1) is 0 Å². The van der Waals surface area contributed by atoms with Crippen molar-refractivity contribution in [3.63, 3.8) is 0 Å². The maximum absolute atomic E-state index is 11.6. The molecule has 0 heterocycles. The molecular weight excluding hydrogens is 188 g/mol. The molecule has 0 atom stereocenters. The van der Waals surface area contributed by atoms with E-state index in [1.807, 2.05) is 0 Å². The van der Waals surface area contributed by atoms with Crippen molar-refractivity contribution in [2.24, 2.45) is 11.1 Å². The second-order valence-corrected chi connectivity index (χ2v) is 5.69. The number of nitrogens with one attached hydrogen (secondary N) is 1. The van der Waals surface area contributed by atoms with Gasteiger partial charge in [0.1, 0.15) is 0 Å². The van der Waals surface area contributed by atoms with E-state index in [1.165, 1.54) is 6.42 Å². The predicted octanol–water partition coefficient (Wildman–Crippen LogP) is 1.81. The van der Waals surface area contributed by atoms with Crippen molar-refractivity contribution >= 4 is 5.91 Å². The average molecular weight is 212 g/mol. The van der Waals surface area contributed by atoms with Crippen molar-refractivity contribution in [2.75, 3.05) is 6.54 Å². The van der Waals surface area contributed by atoms with Crippen LogP contribution in [-0.4, -0.2) is 18.0 Å². The van der Waals surface area contributed by atoms with Gasteiger partial charge in [0.25, 0.3) is 0 Å². The largest absolute Gasteiger partial charge is 0.354 e. The fraction of sp³-hybridized carbons (Fsp3) is 0.917. The van der Waals surface area contributed by atoms with Crippen molar-refractivity contribution < 1.29 is 4.79 Å². The molecule has 0 aliphatic heterocycles. The average Bonchev–Trinajstić information content (AvgIpc) is 2.11. The first kappa shape index (κ1) is 12.5. The lowest BCUT2D eigenvalue weighted by atomic mass is 9.77. The Hall–Kier alpha value is -0.570. The number of amides is 1. The molecule has 15 heavy (non-hydrogen) atoms. The topological polar surface area (TPSA) is 55.1 Å². The lowest BCUT2D eigenvalue weighted by Gasteiger charge is -2.38. The Morgan fingerprint density at radius 2 is 2.07 bits per heavy atom. The maximum atomic E-state index is 11.6. The SMILES string of the molecule is CCC(C)(C)CC(=O)NCC1(N)CCC1. The first-order valence-electron chi connectivity index (χ1n) is 5.92. The van der Waals surface area contributed by atoms with Gasteiger partial charge < -0.3 is 11.1 Å². The summed E-state index contributed by atoms with van der Waals surface area (Å²) in [5.74, 6) is 0.138. The van der Waals surface area contributed by atoms with E-state index < -0.39 is 0 Å². The summed E-state index contributed by atoms with van der Waals surface area (Å²) in [6.07, 6.45) is 4.91. The Balaban J connectivity index is 2.24. The third-order valence-electron chi connectivity index (χ3n) is 3.58. The second-order valence-electron chi connectivity index (χ2n) is 5.69. The van der Waals surface area contributed by atoms with E-state index in [2.05, 4.69) is 26.1 Å². The summed E-state index contributed by atoms with van der Waals surface area (Å²) in [7, 11) is 0. The van der Waals surface area contributed by atoms with Crippen molar-refractivity contribution in [3.05, 3.63) is 0 Å². The highest BCUT2D eigenvalue weighted by Gasteiger charge is 2.33. The van der Waals surface area contributed by atoms with Crippen LogP contribution in [0.5, 0.6) is 0 Å². The molecule has 0 bridgehead atoms. The molecule has 0 radical (unpaired) electrons. The number of hydrogen-bond donors (Lipinski definition) is 2. The first-order valence-corrected chi connectivity index (χ1v) is 5.92. The second kappa shape index (κ2) is 4.52. The molecule has 1 aliphatic rings. The van der Waals surface area contributed by atoms with Crippen LogP contribution < -0.4 is 11.1 Å². The molecule has 1 rings (SSSR count). The fourth-order valence-electron chi connectivity index (χ4n) is 1.70. The van der Waals surface area contributed by atoms with Crippen LogP contribution in [0, 0.1) is 5.41 Å². The van der Waals surface area contributed by atoms with E-state index >= 15 is 0 Å².